The minimum absolute atomic E-state index is 0.230. The average molecular weight is 302 g/mol. The lowest BCUT2D eigenvalue weighted by atomic mass is 10.1. The number of ether oxygens (including phenoxy) is 1. The quantitative estimate of drug-likeness (QED) is 0.851. The summed E-state index contributed by atoms with van der Waals surface area (Å²) in [6.07, 6.45) is 0.348. The van der Waals surface area contributed by atoms with E-state index in [1.54, 1.807) is 4.90 Å². The predicted molar refractivity (Wildman–Crippen MR) is 82.4 cm³/mol. The zero-order chi connectivity index (χ0) is 14.7. The van der Waals surface area contributed by atoms with E-state index in [2.05, 4.69) is 12.1 Å². The van der Waals surface area contributed by atoms with Gasteiger partial charge in [0.1, 0.15) is 6.10 Å². The highest BCUT2D eigenvalue weighted by molar-refractivity contribution is 6.30. The van der Waals surface area contributed by atoms with Gasteiger partial charge in [0, 0.05) is 11.6 Å². The standard InChI is InChI=1S/C17H16ClNO2/c18-15-8-4-7-14(11-15)16-12-19(17(20)21-16)10-9-13-5-2-1-3-6-13/h1-8,11,16H,9-10,12H2/t16-/m0/s1. The molecule has 0 spiro atoms. The number of nitrogens with zero attached hydrogens (tertiary/aromatic N) is 1. The fourth-order valence-electron chi connectivity index (χ4n) is 2.48. The third kappa shape index (κ3) is 3.37. The number of hydrogen-bond acceptors (Lipinski definition) is 2. The Balaban J connectivity index is 1.62. The minimum Gasteiger partial charge on any atom is -0.439 e. The van der Waals surface area contributed by atoms with Crippen molar-refractivity contribution < 1.29 is 9.53 Å². The Labute approximate surface area is 129 Å². The number of carbonyl (C=O) groups is 1. The Morgan fingerprint density at radius 1 is 1.14 bits per heavy atom. The van der Waals surface area contributed by atoms with E-state index in [9.17, 15) is 4.79 Å². The molecule has 1 saturated heterocycles. The topological polar surface area (TPSA) is 29.5 Å². The van der Waals surface area contributed by atoms with E-state index >= 15 is 0 Å². The second-order valence-corrected chi connectivity index (χ2v) is 5.55. The van der Waals surface area contributed by atoms with Gasteiger partial charge in [-0.05, 0) is 29.7 Å². The van der Waals surface area contributed by atoms with E-state index in [-0.39, 0.29) is 12.2 Å². The maximum Gasteiger partial charge on any atom is 0.410 e. The third-order valence-corrected chi connectivity index (χ3v) is 3.86. The number of halogens is 1. The lowest BCUT2D eigenvalue weighted by molar-refractivity contribution is 0.133. The number of amides is 1. The van der Waals surface area contributed by atoms with Crippen LogP contribution in [0.25, 0.3) is 0 Å². The van der Waals surface area contributed by atoms with Crippen LogP contribution in [0.1, 0.15) is 17.2 Å². The molecule has 2 aromatic rings. The second kappa shape index (κ2) is 6.19. The van der Waals surface area contributed by atoms with Crippen molar-refractivity contribution in [1.29, 1.82) is 0 Å². The molecule has 108 valence electrons. The molecule has 0 bridgehead atoms. The van der Waals surface area contributed by atoms with Crippen molar-refractivity contribution in [3.8, 4) is 0 Å². The molecule has 2 aromatic carbocycles. The molecular formula is C17H16ClNO2. The lowest BCUT2D eigenvalue weighted by Gasteiger charge is -2.12. The molecule has 0 radical (unpaired) electrons. The monoisotopic (exact) mass is 301 g/mol. The highest BCUT2D eigenvalue weighted by atomic mass is 35.5. The van der Waals surface area contributed by atoms with Gasteiger partial charge in [0.25, 0.3) is 0 Å². The van der Waals surface area contributed by atoms with Crippen LogP contribution in [-0.2, 0) is 11.2 Å². The molecule has 1 fully saturated rings. The van der Waals surface area contributed by atoms with Gasteiger partial charge in [-0.3, -0.25) is 0 Å². The SMILES string of the molecule is O=C1O[C@H](c2cccc(Cl)c2)CN1CCc1ccccc1. The van der Waals surface area contributed by atoms with Gasteiger partial charge in [0.2, 0.25) is 0 Å². The Morgan fingerprint density at radius 2 is 1.95 bits per heavy atom. The first-order chi connectivity index (χ1) is 10.2. The zero-order valence-corrected chi connectivity index (χ0v) is 12.3. The molecule has 4 heteroatoms. The first-order valence-corrected chi connectivity index (χ1v) is 7.35. The molecule has 0 saturated carbocycles. The van der Waals surface area contributed by atoms with Crippen LogP contribution in [0.4, 0.5) is 4.79 Å². The molecule has 3 nitrogen and oxygen atoms in total. The van der Waals surface area contributed by atoms with E-state index in [4.69, 9.17) is 16.3 Å². The van der Waals surface area contributed by atoms with E-state index in [1.807, 2.05) is 42.5 Å². The van der Waals surface area contributed by atoms with Crippen LogP contribution in [0, 0.1) is 0 Å². The number of rotatable bonds is 4. The van der Waals surface area contributed by atoms with Gasteiger partial charge in [-0.2, -0.15) is 0 Å². The highest BCUT2D eigenvalue weighted by Gasteiger charge is 2.31. The van der Waals surface area contributed by atoms with Crippen LogP contribution in [0.15, 0.2) is 54.6 Å². The molecular weight excluding hydrogens is 286 g/mol. The molecule has 0 N–H and O–H groups in total. The fourth-order valence-corrected chi connectivity index (χ4v) is 2.68. The second-order valence-electron chi connectivity index (χ2n) is 5.11. The molecule has 1 amide bonds. The maximum atomic E-state index is 11.9. The van der Waals surface area contributed by atoms with Crippen molar-refractivity contribution in [3.05, 3.63) is 70.7 Å². The van der Waals surface area contributed by atoms with Gasteiger partial charge in [-0.25, -0.2) is 4.79 Å². The van der Waals surface area contributed by atoms with Gasteiger partial charge in [0.15, 0.2) is 0 Å². The van der Waals surface area contributed by atoms with Gasteiger partial charge >= 0.3 is 6.09 Å². The first kappa shape index (κ1) is 14.0. The molecule has 1 atom stereocenters. The van der Waals surface area contributed by atoms with E-state index in [0.717, 1.165) is 12.0 Å². The Hall–Kier alpha value is -2.00. The Morgan fingerprint density at radius 3 is 2.71 bits per heavy atom. The summed E-state index contributed by atoms with van der Waals surface area (Å²) in [5.41, 5.74) is 2.16. The maximum absolute atomic E-state index is 11.9. The number of benzene rings is 2. The third-order valence-electron chi connectivity index (χ3n) is 3.62. The highest BCUT2D eigenvalue weighted by Crippen LogP contribution is 2.27. The summed E-state index contributed by atoms with van der Waals surface area (Å²) in [4.78, 5) is 13.7. The summed E-state index contributed by atoms with van der Waals surface area (Å²) in [6, 6.07) is 17.6. The molecule has 1 aliphatic heterocycles. The normalized spacial score (nSPS) is 17.9. The largest absolute Gasteiger partial charge is 0.439 e. The number of hydrogen-bond donors (Lipinski definition) is 0. The van der Waals surface area contributed by atoms with Crippen LogP contribution >= 0.6 is 11.6 Å². The lowest BCUT2D eigenvalue weighted by Crippen LogP contribution is -2.26. The molecule has 0 unspecified atom stereocenters. The van der Waals surface area contributed by atoms with Crippen LogP contribution in [0.3, 0.4) is 0 Å². The Kier molecular flexibility index (Phi) is 4.11. The van der Waals surface area contributed by atoms with Gasteiger partial charge in [0.05, 0.1) is 6.54 Å². The van der Waals surface area contributed by atoms with Gasteiger partial charge in [-0.15, -0.1) is 0 Å². The van der Waals surface area contributed by atoms with Gasteiger partial charge in [-0.1, -0.05) is 54.1 Å². The van der Waals surface area contributed by atoms with Gasteiger partial charge < -0.3 is 9.64 Å². The van der Waals surface area contributed by atoms with E-state index in [1.165, 1.54) is 5.56 Å². The smallest absolute Gasteiger partial charge is 0.410 e. The molecule has 1 heterocycles. The Bertz CT molecular complexity index is 630. The predicted octanol–water partition coefficient (Wildman–Crippen LogP) is 4.08. The molecule has 0 aliphatic carbocycles. The molecule has 1 aliphatic rings. The summed E-state index contributed by atoms with van der Waals surface area (Å²) < 4.78 is 5.43. The molecule has 3 rings (SSSR count). The summed E-state index contributed by atoms with van der Waals surface area (Å²) in [6.45, 7) is 1.24. The number of cyclic esters (lactones) is 1. The summed E-state index contributed by atoms with van der Waals surface area (Å²) in [5, 5.41) is 0.659. The van der Waals surface area contributed by atoms with Crippen LogP contribution in [0.2, 0.25) is 5.02 Å². The van der Waals surface area contributed by atoms with Crippen molar-refractivity contribution in [2.24, 2.45) is 0 Å². The molecule has 0 aromatic heterocycles. The summed E-state index contributed by atoms with van der Waals surface area (Å²) in [5.74, 6) is 0. The van der Waals surface area contributed by atoms with E-state index in [0.29, 0.717) is 18.1 Å². The summed E-state index contributed by atoms with van der Waals surface area (Å²) >= 11 is 5.98. The van der Waals surface area contributed by atoms with Crippen LogP contribution in [0.5, 0.6) is 0 Å². The fraction of sp³-hybridized carbons (Fsp3) is 0.235. The van der Waals surface area contributed by atoms with Crippen LogP contribution < -0.4 is 0 Å². The first-order valence-electron chi connectivity index (χ1n) is 6.97. The average Bonchev–Trinajstić information content (AvgIpc) is 2.87. The van der Waals surface area contributed by atoms with Crippen molar-refractivity contribution in [2.45, 2.75) is 12.5 Å². The van der Waals surface area contributed by atoms with Crippen molar-refractivity contribution in [2.75, 3.05) is 13.1 Å². The van der Waals surface area contributed by atoms with Crippen molar-refractivity contribution >= 4 is 17.7 Å². The van der Waals surface area contributed by atoms with Crippen molar-refractivity contribution in [3.63, 3.8) is 0 Å². The van der Waals surface area contributed by atoms with E-state index < -0.39 is 0 Å². The number of carbonyl (C=O) groups excluding carboxylic acids is 1. The minimum atomic E-state index is -0.254. The zero-order valence-electron chi connectivity index (χ0n) is 11.5. The van der Waals surface area contributed by atoms with Crippen molar-refractivity contribution in [1.82, 2.24) is 4.90 Å². The summed E-state index contributed by atoms with van der Waals surface area (Å²) in [7, 11) is 0. The molecule has 21 heavy (non-hydrogen) atoms. The van der Waals surface area contributed by atoms with Crippen LogP contribution in [-0.4, -0.2) is 24.1 Å².